The minimum Gasteiger partial charge on any atom is -0.381 e. The van der Waals surface area contributed by atoms with E-state index in [2.05, 4.69) is 4.90 Å². The number of hydrogen-bond acceptors (Lipinski definition) is 4. The van der Waals surface area contributed by atoms with Crippen LogP contribution in [0.2, 0.25) is 5.02 Å². The van der Waals surface area contributed by atoms with Crippen molar-refractivity contribution in [1.29, 1.82) is 0 Å². The van der Waals surface area contributed by atoms with Crippen LogP contribution in [0.1, 0.15) is 23.2 Å². The van der Waals surface area contributed by atoms with Crippen LogP contribution in [-0.2, 0) is 4.74 Å². The predicted molar refractivity (Wildman–Crippen MR) is 80.2 cm³/mol. The second-order valence-corrected chi connectivity index (χ2v) is 5.43. The van der Waals surface area contributed by atoms with E-state index in [1.807, 2.05) is 6.07 Å². The average Bonchev–Trinajstić information content (AvgIpc) is 2.46. The molecule has 20 heavy (non-hydrogen) atoms. The summed E-state index contributed by atoms with van der Waals surface area (Å²) in [5.74, 6) is -0.480. The minimum atomic E-state index is -0.480. The van der Waals surface area contributed by atoms with Crippen LogP contribution < -0.4 is 16.4 Å². The number of halogens is 1. The van der Waals surface area contributed by atoms with E-state index < -0.39 is 5.91 Å². The fourth-order valence-corrected chi connectivity index (χ4v) is 2.90. The molecular weight excluding hydrogens is 278 g/mol. The van der Waals surface area contributed by atoms with Crippen LogP contribution in [0.3, 0.4) is 0 Å². The zero-order valence-electron chi connectivity index (χ0n) is 11.5. The highest BCUT2D eigenvalue weighted by atomic mass is 35.5. The van der Waals surface area contributed by atoms with Gasteiger partial charge < -0.3 is 21.1 Å². The lowest BCUT2D eigenvalue weighted by atomic mass is 9.97. The van der Waals surface area contributed by atoms with Crippen molar-refractivity contribution in [3.05, 3.63) is 28.8 Å². The third-order valence-electron chi connectivity index (χ3n) is 3.81. The van der Waals surface area contributed by atoms with Crippen molar-refractivity contribution in [1.82, 2.24) is 0 Å². The second-order valence-electron chi connectivity index (χ2n) is 4.99. The Kier molecular flexibility index (Phi) is 4.86. The fourth-order valence-electron chi connectivity index (χ4n) is 2.72. The molecule has 0 saturated carbocycles. The number of carbonyl (C=O) groups is 1. The Labute approximate surface area is 123 Å². The third-order valence-corrected chi connectivity index (χ3v) is 4.04. The van der Waals surface area contributed by atoms with Gasteiger partial charge in [-0.3, -0.25) is 4.79 Å². The number of benzene rings is 1. The quantitative estimate of drug-likeness (QED) is 0.880. The third kappa shape index (κ3) is 3.06. The van der Waals surface area contributed by atoms with Crippen molar-refractivity contribution in [3.8, 4) is 0 Å². The number of hydrogen-bond donors (Lipinski definition) is 2. The molecule has 0 bridgehead atoms. The van der Waals surface area contributed by atoms with Crippen molar-refractivity contribution < 1.29 is 9.53 Å². The monoisotopic (exact) mass is 297 g/mol. The molecule has 0 aromatic heterocycles. The lowest BCUT2D eigenvalue weighted by Crippen LogP contribution is -2.49. The molecule has 5 nitrogen and oxygen atoms in total. The van der Waals surface area contributed by atoms with Crippen molar-refractivity contribution in [2.75, 3.05) is 25.1 Å². The SMILES string of the molecule is COC1CCN(c2ccc(Cl)cc2C(N)=O)C(CN)C1. The lowest BCUT2D eigenvalue weighted by Gasteiger charge is -2.40. The van der Waals surface area contributed by atoms with Crippen LogP contribution in [0.15, 0.2) is 18.2 Å². The van der Waals surface area contributed by atoms with E-state index >= 15 is 0 Å². The van der Waals surface area contributed by atoms with Gasteiger partial charge in [0.2, 0.25) is 0 Å². The highest BCUT2D eigenvalue weighted by Crippen LogP contribution is 2.30. The van der Waals surface area contributed by atoms with Crippen LogP contribution in [0, 0.1) is 0 Å². The van der Waals surface area contributed by atoms with Crippen LogP contribution in [0.5, 0.6) is 0 Å². The summed E-state index contributed by atoms with van der Waals surface area (Å²) in [5.41, 5.74) is 12.5. The molecule has 1 amide bonds. The van der Waals surface area contributed by atoms with Gasteiger partial charge in [0.15, 0.2) is 0 Å². The predicted octanol–water partition coefficient (Wildman–Crippen LogP) is 1.38. The summed E-state index contributed by atoms with van der Waals surface area (Å²) in [6.45, 7) is 1.28. The highest BCUT2D eigenvalue weighted by Gasteiger charge is 2.29. The molecule has 0 radical (unpaired) electrons. The number of primary amides is 1. The van der Waals surface area contributed by atoms with E-state index in [-0.39, 0.29) is 12.1 Å². The largest absolute Gasteiger partial charge is 0.381 e. The zero-order valence-corrected chi connectivity index (χ0v) is 12.3. The van der Waals surface area contributed by atoms with Gasteiger partial charge in [-0.05, 0) is 31.0 Å². The molecule has 1 aromatic rings. The number of methoxy groups -OCH3 is 1. The van der Waals surface area contributed by atoms with Crippen molar-refractivity contribution >= 4 is 23.2 Å². The summed E-state index contributed by atoms with van der Waals surface area (Å²) in [7, 11) is 1.71. The molecule has 1 saturated heterocycles. The molecule has 1 aromatic carbocycles. The Morgan fingerprint density at radius 3 is 2.90 bits per heavy atom. The molecule has 0 spiro atoms. The number of amides is 1. The molecule has 1 aliphatic heterocycles. The molecule has 2 unspecified atom stereocenters. The van der Waals surface area contributed by atoms with E-state index in [1.165, 1.54) is 0 Å². The summed E-state index contributed by atoms with van der Waals surface area (Å²) in [5, 5.41) is 0.499. The first-order chi connectivity index (χ1) is 9.56. The summed E-state index contributed by atoms with van der Waals surface area (Å²) in [4.78, 5) is 13.7. The highest BCUT2D eigenvalue weighted by molar-refractivity contribution is 6.31. The number of ether oxygens (including phenoxy) is 1. The fraction of sp³-hybridized carbons (Fsp3) is 0.500. The number of rotatable bonds is 4. The van der Waals surface area contributed by atoms with E-state index in [4.69, 9.17) is 27.8 Å². The van der Waals surface area contributed by atoms with Crippen molar-refractivity contribution in [2.45, 2.75) is 25.0 Å². The molecule has 4 N–H and O–H groups in total. The van der Waals surface area contributed by atoms with Gasteiger partial charge >= 0.3 is 0 Å². The smallest absolute Gasteiger partial charge is 0.250 e. The molecule has 1 heterocycles. The Bertz CT molecular complexity index is 495. The van der Waals surface area contributed by atoms with E-state index in [9.17, 15) is 4.79 Å². The van der Waals surface area contributed by atoms with Crippen LogP contribution in [0.4, 0.5) is 5.69 Å². The van der Waals surface area contributed by atoms with Gasteiger partial charge in [-0.15, -0.1) is 0 Å². The minimum absolute atomic E-state index is 0.132. The van der Waals surface area contributed by atoms with Gasteiger partial charge in [0.05, 0.1) is 11.7 Å². The topological polar surface area (TPSA) is 81.6 Å². The Balaban J connectivity index is 2.33. The molecule has 0 aliphatic carbocycles. The van der Waals surface area contributed by atoms with Gasteiger partial charge in [0, 0.05) is 37.0 Å². The molecular formula is C14H20ClN3O2. The number of carbonyl (C=O) groups excluding carboxylic acids is 1. The van der Waals surface area contributed by atoms with Gasteiger partial charge in [-0.25, -0.2) is 0 Å². The summed E-state index contributed by atoms with van der Waals surface area (Å²) >= 11 is 5.94. The molecule has 1 aliphatic rings. The van der Waals surface area contributed by atoms with Crippen molar-refractivity contribution in [2.24, 2.45) is 11.5 Å². The second kappa shape index (κ2) is 6.43. The van der Waals surface area contributed by atoms with E-state index in [1.54, 1.807) is 19.2 Å². The maximum Gasteiger partial charge on any atom is 0.250 e. The Morgan fingerprint density at radius 2 is 2.30 bits per heavy atom. The zero-order chi connectivity index (χ0) is 14.7. The van der Waals surface area contributed by atoms with Gasteiger partial charge in [-0.2, -0.15) is 0 Å². The molecule has 2 rings (SSSR count). The standard InChI is InChI=1S/C14H20ClN3O2/c1-20-11-4-5-18(10(7-11)8-16)13-3-2-9(15)6-12(13)14(17)19/h2-3,6,10-11H,4-5,7-8,16H2,1H3,(H2,17,19). The maximum atomic E-state index is 11.6. The number of nitrogens with zero attached hydrogens (tertiary/aromatic N) is 1. The van der Waals surface area contributed by atoms with Crippen LogP contribution in [-0.4, -0.2) is 38.3 Å². The van der Waals surface area contributed by atoms with Gasteiger partial charge in [0.1, 0.15) is 0 Å². The van der Waals surface area contributed by atoms with Crippen molar-refractivity contribution in [3.63, 3.8) is 0 Å². The van der Waals surface area contributed by atoms with Gasteiger partial charge in [-0.1, -0.05) is 11.6 Å². The van der Waals surface area contributed by atoms with Crippen LogP contribution >= 0.6 is 11.6 Å². The van der Waals surface area contributed by atoms with Gasteiger partial charge in [0.25, 0.3) is 5.91 Å². The Morgan fingerprint density at radius 1 is 1.55 bits per heavy atom. The normalized spacial score (nSPS) is 22.9. The molecule has 110 valence electrons. The van der Waals surface area contributed by atoms with E-state index in [0.717, 1.165) is 25.1 Å². The summed E-state index contributed by atoms with van der Waals surface area (Å²) in [6, 6.07) is 5.33. The maximum absolute atomic E-state index is 11.6. The summed E-state index contributed by atoms with van der Waals surface area (Å²) in [6.07, 6.45) is 1.95. The molecule has 1 fully saturated rings. The Hall–Kier alpha value is -1.30. The lowest BCUT2D eigenvalue weighted by molar-refractivity contribution is 0.0709. The number of piperidine rings is 1. The van der Waals surface area contributed by atoms with Crippen LogP contribution in [0.25, 0.3) is 0 Å². The van der Waals surface area contributed by atoms with E-state index in [0.29, 0.717) is 17.1 Å². The molecule has 6 heteroatoms. The molecule has 2 atom stereocenters. The summed E-state index contributed by atoms with van der Waals surface area (Å²) < 4.78 is 5.41. The first-order valence-electron chi connectivity index (χ1n) is 6.65. The first kappa shape index (κ1) is 15.1. The first-order valence-corrected chi connectivity index (χ1v) is 7.03. The number of nitrogens with two attached hydrogens (primary N) is 2. The number of anilines is 1. The average molecular weight is 298 g/mol.